The molecule has 1 heterocycles. The van der Waals surface area contributed by atoms with Crippen molar-refractivity contribution >= 4 is 27.4 Å². The highest BCUT2D eigenvalue weighted by molar-refractivity contribution is 9.10. The summed E-state index contributed by atoms with van der Waals surface area (Å²) in [6.07, 6.45) is 2.31. The number of pyridine rings is 1. The van der Waals surface area contributed by atoms with Crippen LogP contribution in [0.4, 0.5) is 11.5 Å². The summed E-state index contributed by atoms with van der Waals surface area (Å²) in [5.41, 5.74) is 0.573. The lowest BCUT2D eigenvalue weighted by Gasteiger charge is -2.10. The fourth-order valence-electron chi connectivity index (χ4n) is 1.54. The summed E-state index contributed by atoms with van der Waals surface area (Å²) < 4.78 is 6.10. The van der Waals surface area contributed by atoms with E-state index in [9.17, 15) is 10.1 Å². The molecule has 1 N–H and O–H groups in total. The zero-order valence-electron chi connectivity index (χ0n) is 12.0. The van der Waals surface area contributed by atoms with Crippen LogP contribution in [0, 0.1) is 23.0 Å². The lowest BCUT2D eigenvalue weighted by Crippen LogP contribution is -2.12. The average Bonchev–Trinajstić information content (AvgIpc) is 2.37. The Morgan fingerprint density at radius 2 is 2.20 bits per heavy atom. The molecule has 1 rings (SSSR count). The van der Waals surface area contributed by atoms with Crippen LogP contribution in [0.3, 0.4) is 0 Å². The highest BCUT2D eigenvalue weighted by atomic mass is 79.9. The largest absolute Gasteiger partial charge is 0.380 e. The maximum atomic E-state index is 10.8. The van der Waals surface area contributed by atoms with Crippen molar-refractivity contribution < 1.29 is 9.66 Å². The second kappa shape index (κ2) is 8.16. The second-order valence-electron chi connectivity index (χ2n) is 4.91. The van der Waals surface area contributed by atoms with Gasteiger partial charge in [0, 0.05) is 18.7 Å². The van der Waals surface area contributed by atoms with E-state index >= 15 is 0 Å². The van der Waals surface area contributed by atoms with Crippen LogP contribution in [0.15, 0.2) is 10.7 Å². The molecule has 0 amide bonds. The number of nitro groups is 1. The van der Waals surface area contributed by atoms with Gasteiger partial charge in [-0.05, 0) is 35.2 Å². The van der Waals surface area contributed by atoms with E-state index in [0.29, 0.717) is 34.9 Å². The first-order valence-corrected chi connectivity index (χ1v) is 7.34. The average molecular weight is 346 g/mol. The molecular weight excluding hydrogens is 326 g/mol. The first-order chi connectivity index (χ1) is 9.43. The normalized spacial score (nSPS) is 10.8. The number of hydrogen-bond donors (Lipinski definition) is 1. The van der Waals surface area contributed by atoms with E-state index in [1.54, 1.807) is 6.92 Å². The van der Waals surface area contributed by atoms with Gasteiger partial charge in [0.25, 0.3) is 5.69 Å². The van der Waals surface area contributed by atoms with Crippen molar-refractivity contribution in [1.29, 1.82) is 0 Å². The molecule has 7 heteroatoms. The maximum Gasteiger partial charge on any atom is 0.291 e. The van der Waals surface area contributed by atoms with E-state index in [2.05, 4.69) is 40.1 Å². The number of rotatable bonds is 8. The summed E-state index contributed by atoms with van der Waals surface area (Å²) in [6.45, 7) is 7.93. The SMILES string of the molecule is Cc1c([N+](=O)[O-])cnc(NCCOCCC(C)C)c1Br. The van der Waals surface area contributed by atoms with Crippen molar-refractivity contribution in [1.82, 2.24) is 4.98 Å². The van der Waals surface area contributed by atoms with E-state index < -0.39 is 4.92 Å². The Hall–Kier alpha value is -1.21. The molecule has 0 aliphatic carbocycles. The molecule has 0 radical (unpaired) electrons. The number of ether oxygens (including phenoxy) is 1. The van der Waals surface area contributed by atoms with Gasteiger partial charge >= 0.3 is 0 Å². The molecule has 6 nitrogen and oxygen atoms in total. The van der Waals surface area contributed by atoms with Gasteiger partial charge in [0.05, 0.1) is 16.0 Å². The van der Waals surface area contributed by atoms with Crippen LogP contribution < -0.4 is 5.32 Å². The van der Waals surface area contributed by atoms with Crippen LogP contribution in [0.5, 0.6) is 0 Å². The Morgan fingerprint density at radius 3 is 2.80 bits per heavy atom. The zero-order chi connectivity index (χ0) is 15.1. The Balaban J connectivity index is 2.45. The molecule has 1 aromatic heterocycles. The quantitative estimate of drug-likeness (QED) is 0.443. The monoisotopic (exact) mass is 345 g/mol. The van der Waals surface area contributed by atoms with Gasteiger partial charge in [0.1, 0.15) is 12.0 Å². The minimum Gasteiger partial charge on any atom is -0.380 e. The summed E-state index contributed by atoms with van der Waals surface area (Å²) in [6, 6.07) is 0. The summed E-state index contributed by atoms with van der Waals surface area (Å²) in [5, 5.41) is 13.9. The molecule has 20 heavy (non-hydrogen) atoms. The van der Waals surface area contributed by atoms with Crippen molar-refractivity contribution in [3.63, 3.8) is 0 Å². The minimum atomic E-state index is -0.439. The molecule has 0 saturated heterocycles. The first kappa shape index (κ1) is 16.8. The van der Waals surface area contributed by atoms with Crippen molar-refractivity contribution in [3.8, 4) is 0 Å². The predicted octanol–water partition coefficient (Wildman–Crippen LogP) is 3.54. The van der Waals surface area contributed by atoms with E-state index in [1.807, 2.05) is 0 Å². The van der Waals surface area contributed by atoms with Crippen LogP contribution in [0.2, 0.25) is 0 Å². The molecule has 1 aromatic rings. The smallest absolute Gasteiger partial charge is 0.291 e. The Bertz CT molecular complexity index is 466. The molecule has 112 valence electrons. The molecule has 0 aliphatic rings. The number of nitrogens with zero attached hydrogens (tertiary/aromatic N) is 2. The third-order valence-electron chi connectivity index (χ3n) is 2.81. The van der Waals surface area contributed by atoms with Crippen molar-refractivity contribution in [3.05, 3.63) is 26.3 Å². The maximum absolute atomic E-state index is 10.8. The molecule has 0 bridgehead atoms. The van der Waals surface area contributed by atoms with Gasteiger partial charge < -0.3 is 10.1 Å². The highest BCUT2D eigenvalue weighted by Crippen LogP contribution is 2.30. The van der Waals surface area contributed by atoms with Crippen LogP contribution in [0.25, 0.3) is 0 Å². The summed E-state index contributed by atoms with van der Waals surface area (Å²) in [7, 11) is 0. The van der Waals surface area contributed by atoms with E-state index in [-0.39, 0.29) is 5.69 Å². The van der Waals surface area contributed by atoms with Gasteiger partial charge in [0.2, 0.25) is 0 Å². The van der Waals surface area contributed by atoms with Crippen LogP contribution in [-0.2, 0) is 4.74 Å². The summed E-state index contributed by atoms with van der Waals surface area (Å²) in [4.78, 5) is 14.4. The Labute approximate surface area is 127 Å². The number of hydrogen-bond acceptors (Lipinski definition) is 5. The lowest BCUT2D eigenvalue weighted by atomic mass is 10.1. The lowest BCUT2D eigenvalue weighted by molar-refractivity contribution is -0.385. The summed E-state index contributed by atoms with van der Waals surface area (Å²) in [5.74, 6) is 1.23. The van der Waals surface area contributed by atoms with E-state index in [4.69, 9.17) is 4.74 Å². The number of anilines is 1. The molecular formula is C13H20BrN3O3. The highest BCUT2D eigenvalue weighted by Gasteiger charge is 2.16. The van der Waals surface area contributed by atoms with Crippen LogP contribution >= 0.6 is 15.9 Å². The Kier molecular flexibility index (Phi) is 6.87. The second-order valence-corrected chi connectivity index (χ2v) is 5.70. The van der Waals surface area contributed by atoms with Gasteiger partial charge in [-0.15, -0.1) is 0 Å². The number of nitrogens with one attached hydrogen (secondary N) is 1. The first-order valence-electron chi connectivity index (χ1n) is 6.54. The van der Waals surface area contributed by atoms with Gasteiger partial charge in [-0.1, -0.05) is 13.8 Å². The number of halogens is 1. The van der Waals surface area contributed by atoms with Gasteiger partial charge in [-0.25, -0.2) is 4.98 Å². The Morgan fingerprint density at radius 1 is 1.50 bits per heavy atom. The predicted molar refractivity (Wildman–Crippen MR) is 82.1 cm³/mol. The fraction of sp³-hybridized carbons (Fsp3) is 0.615. The van der Waals surface area contributed by atoms with Gasteiger partial charge in [0.15, 0.2) is 0 Å². The molecule has 0 saturated carbocycles. The molecule has 0 atom stereocenters. The minimum absolute atomic E-state index is 0.00982. The van der Waals surface area contributed by atoms with Crippen LogP contribution in [0.1, 0.15) is 25.8 Å². The zero-order valence-corrected chi connectivity index (χ0v) is 13.6. The van der Waals surface area contributed by atoms with E-state index in [0.717, 1.165) is 13.0 Å². The third-order valence-corrected chi connectivity index (χ3v) is 3.78. The van der Waals surface area contributed by atoms with Gasteiger partial charge in [-0.2, -0.15) is 0 Å². The topological polar surface area (TPSA) is 77.3 Å². The van der Waals surface area contributed by atoms with Crippen molar-refractivity contribution in [2.75, 3.05) is 25.1 Å². The number of aromatic nitrogens is 1. The fourth-order valence-corrected chi connectivity index (χ4v) is 1.98. The molecule has 0 spiro atoms. The van der Waals surface area contributed by atoms with Crippen molar-refractivity contribution in [2.45, 2.75) is 27.2 Å². The van der Waals surface area contributed by atoms with Crippen molar-refractivity contribution in [2.24, 2.45) is 5.92 Å². The summed E-state index contributed by atoms with van der Waals surface area (Å²) >= 11 is 3.33. The molecule has 0 aliphatic heterocycles. The molecule has 0 aromatic carbocycles. The molecule has 0 unspecified atom stereocenters. The van der Waals surface area contributed by atoms with E-state index in [1.165, 1.54) is 6.20 Å². The standard InChI is InChI=1S/C13H20BrN3O3/c1-9(2)4-6-20-7-5-15-13-12(14)10(3)11(8-16-13)17(18)19/h8-9H,4-7H2,1-3H3,(H,15,16). The van der Waals surface area contributed by atoms with Crippen LogP contribution in [-0.4, -0.2) is 29.7 Å². The molecule has 0 fully saturated rings. The third kappa shape index (κ3) is 5.05. The van der Waals surface area contributed by atoms with Gasteiger partial charge in [-0.3, -0.25) is 10.1 Å².